The van der Waals surface area contributed by atoms with E-state index in [1.54, 1.807) is 0 Å². The zero-order valence-corrected chi connectivity index (χ0v) is 15.3. The Morgan fingerprint density at radius 1 is 1.04 bits per heavy atom. The van der Waals surface area contributed by atoms with Crippen molar-refractivity contribution in [1.29, 1.82) is 0 Å². The van der Waals surface area contributed by atoms with Gasteiger partial charge in [-0.05, 0) is 44.1 Å². The summed E-state index contributed by atoms with van der Waals surface area (Å²) in [5, 5.41) is 5.35. The molecule has 7 heteroatoms. The van der Waals surface area contributed by atoms with Gasteiger partial charge in [-0.25, -0.2) is 0 Å². The fraction of sp³-hybridized carbons (Fsp3) is 0.824. The SMILES string of the molecule is CC(C)CC(NC(=O)C(N)C(C)C)C(=O)N[C@@H]([C]=O)CCCCN. The first-order valence-corrected chi connectivity index (χ1v) is 8.66. The van der Waals surface area contributed by atoms with Crippen LogP contribution in [0.15, 0.2) is 0 Å². The zero-order valence-electron chi connectivity index (χ0n) is 15.3. The molecular weight excluding hydrogens is 308 g/mol. The monoisotopic (exact) mass is 341 g/mol. The lowest BCUT2D eigenvalue weighted by Gasteiger charge is -2.24. The molecule has 0 aromatic carbocycles. The van der Waals surface area contributed by atoms with E-state index in [-0.39, 0.29) is 23.7 Å². The maximum atomic E-state index is 12.4. The summed E-state index contributed by atoms with van der Waals surface area (Å²) in [6, 6.07) is -2.08. The number of rotatable bonds is 12. The molecule has 0 fully saturated rings. The Balaban J connectivity index is 4.80. The third-order valence-electron chi connectivity index (χ3n) is 3.77. The van der Waals surface area contributed by atoms with E-state index in [2.05, 4.69) is 10.6 Å². The lowest BCUT2D eigenvalue weighted by Crippen LogP contribution is -2.54. The van der Waals surface area contributed by atoms with Gasteiger partial charge in [-0.3, -0.25) is 14.4 Å². The van der Waals surface area contributed by atoms with Crippen molar-refractivity contribution in [1.82, 2.24) is 10.6 Å². The highest BCUT2D eigenvalue weighted by Crippen LogP contribution is 2.08. The maximum absolute atomic E-state index is 12.4. The van der Waals surface area contributed by atoms with Gasteiger partial charge in [-0.15, -0.1) is 0 Å². The fourth-order valence-corrected chi connectivity index (χ4v) is 2.20. The standard InChI is InChI=1S/C17H33N4O3/c1-11(2)9-14(21-17(24)15(19)12(3)4)16(23)20-13(10-22)7-5-6-8-18/h11-15H,5-9,18-19H2,1-4H3,(H,20,23)(H,21,24)/t13-,14?,15?/m1/s1. The molecule has 0 aliphatic carbocycles. The minimum Gasteiger partial charge on any atom is -0.344 e. The van der Waals surface area contributed by atoms with Gasteiger partial charge in [0.2, 0.25) is 18.1 Å². The molecule has 0 aromatic rings. The average molecular weight is 341 g/mol. The number of hydrogen-bond donors (Lipinski definition) is 4. The molecule has 0 saturated carbocycles. The van der Waals surface area contributed by atoms with Crippen LogP contribution >= 0.6 is 0 Å². The molecule has 6 N–H and O–H groups in total. The molecule has 1 radical (unpaired) electrons. The number of hydrogen-bond acceptors (Lipinski definition) is 5. The Morgan fingerprint density at radius 2 is 1.67 bits per heavy atom. The number of carbonyl (C=O) groups excluding carboxylic acids is 3. The van der Waals surface area contributed by atoms with Gasteiger partial charge in [0, 0.05) is 0 Å². The van der Waals surface area contributed by atoms with Crippen LogP contribution in [-0.4, -0.2) is 42.8 Å². The van der Waals surface area contributed by atoms with Gasteiger partial charge in [-0.1, -0.05) is 27.7 Å². The van der Waals surface area contributed by atoms with Gasteiger partial charge in [0.25, 0.3) is 0 Å². The van der Waals surface area contributed by atoms with Crippen molar-refractivity contribution in [3.63, 3.8) is 0 Å². The van der Waals surface area contributed by atoms with E-state index >= 15 is 0 Å². The Morgan fingerprint density at radius 3 is 2.12 bits per heavy atom. The lowest BCUT2D eigenvalue weighted by molar-refractivity contribution is -0.130. The van der Waals surface area contributed by atoms with E-state index in [4.69, 9.17) is 11.5 Å². The highest BCUT2D eigenvalue weighted by molar-refractivity contribution is 5.90. The van der Waals surface area contributed by atoms with Crippen LogP contribution in [0.4, 0.5) is 0 Å². The number of nitrogens with one attached hydrogen (secondary N) is 2. The molecule has 0 aliphatic rings. The van der Waals surface area contributed by atoms with Crippen molar-refractivity contribution in [2.45, 2.75) is 71.5 Å². The average Bonchev–Trinajstić information content (AvgIpc) is 2.51. The predicted octanol–water partition coefficient (Wildman–Crippen LogP) is 0.224. The summed E-state index contributed by atoms with van der Waals surface area (Å²) in [7, 11) is 0. The quantitative estimate of drug-likeness (QED) is 0.378. The second-order valence-corrected chi connectivity index (χ2v) is 6.92. The molecule has 0 bridgehead atoms. The summed E-state index contributed by atoms with van der Waals surface area (Å²) < 4.78 is 0. The minimum atomic E-state index is -0.715. The highest BCUT2D eigenvalue weighted by Gasteiger charge is 2.27. The van der Waals surface area contributed by atoms with Crippen LogP contribution in [0.3, 0.4) is 0 Å². The second kappa shape index (κ2) is 12.0. The molecule has 0 saturated heterocycles. The van der Waals surface area contributed by atoms with Gasteiger partial charge in [-0.2, -0.15) is 0 Å². The number of nitrogens with two attached hydrogens (primary N) is 2. The van der Waals surface area contributed by atoms with Crippen molar-refractivity contribution < 1.29 is 14.4 Å². The molecule has 0 aliphatic heterocycles. The third kappa shape index (κ3) is 8.98. The van der Waals surface area contributed by atoms with Crippen LogP contribution in [0, 0.1) is 11.8 Å². The van der Waals surface area contributed by atoms with Crippen molar-refractivity contribution in [2.24, 2.45) is 23.3 Å². The number of unbranched alkanes of at least 4 members (excludes halogenated alkanes) is 1. The molecule has 2 unspecified atom stereocenters. The molecule has 2 amide bonds. The van der Waals surface area contributed by atoms with E-state index < -0.39 is 18.1 Å². The Hall–Kier alpha value is -1.47. The predicted molar refractivity (Wildman–Crippen MR) is 94.7 cm³/mol. The molecule has 0 spiro atoms. The second-order valence-electron chi connectivity index (χ2n) is 6.92. The zero-order chi connectivity index (χ0) is 18.7. The van der Waals surface area contributed by atoms with Crippen LogP contribution in [0.1, 0.15) is 53.4 Å². The van der Waals surface area contributed by atoms with E-state index in [0.717, 1.165) is 12.8 Å². The van der Waals surface area contributed by atoms with Crippen LogP contribution in [0.25, 0.3) is 0 Å². The summed E-state index contributed by atoms with van der Waals surface area (Å²) in [6.45, 7) is 8.14. The first kappa shape index (κ1) is 22.5. The summed E-state index contributed by atoms with van der Waals surface area (Å²) in [4.78, 5) is 35.6. The van der Waals surface area contributed by atoms with Crippen molar-refractivity contribution in [3.8, 4) is 0 Å². The summed E-state index contributed by atoms with van der Waals surface area (Å²) in [5.74, 6) is -0.568. The molecule has 0 heterocycles. The smallest absolute Gasteiger partial charge is 0.243 e. The van der Waals surface area contributed by atoms with Gasteiger partial charge < -0.3 is 22.1 Å². The molecule has 139 valence electrons. The molecule has 0 rings (SSSR count). The van der Waals surface area contributed by atoms with E-state index in [1.165, 1.54) is 0 Å². The van der Waals surface area contributed by atoms with Gasteiger partial charge in [0.1, 0.15) is 6.04 Å². The highest BCUT2D eigenvalue weighted by atomic mass is 16.2. The molecule has 24 heavy (non-hydrogen) atoms. The fourth-order valence-electron chi connectivity index (χ4n) is 2.20. The third-order valence-corrected chi connectivity index (χ3v) is 3.77. The molecule has 7 nitrogen and oxygen atoms in total. The van der Waals surface area contributed by atoms with Crippen molar-refractivity contribution in [2.75, 3.05) is 6.54 Å². The summed E-state index contributed by atoms with van der Waals surface area (Å²) in [5.41, 5.74) is 11.3. The topological polar surface area (TPSA) is 127 Å². The molecule has 3 atom stereocenters. The van der Waals surface area contributed by atoms with Gasteiger partial charge >= 0.3 is 0 Å². The lowest BCUT2D eigenvalue weighted by atomic mass is 10.00. The van der Waals surface area contributed by atoms with Crippen LogP contribution in [0.5, 0.6) is 0 Å². The maximum Gasteiger partial charge on any atom is 0.243 e. The van der Waals surface area contributed by atoms with Crippen molar-refractivity contribution >= 4 is 18.1 Å². The van der Waals surface area contributed by atoms with Crippen LogP contribution in [-0.2, 0) is 14.4 Å². The van der Waals surface area contributed by atoms with Gasteiger partial charge in [0.05, 0.1) is 12.1 Å². The van der Waals surface area contributed by atoms with E-state index in [9.17, 15) is 14.4 Å². The normalized spacial score (nSPS) is 15.0. The molecule has 0 aromatic heterocycles. The molecular formula is C17H33N4O3. The largest absolute Gasteiger partial charge is 0.344 e. The van der Waals surface area contributed by atoms with Crippen molar-refractivity contribution in [3.05, 3.63) is 0 Å². The Labute approximate surface area is 145 Å². The number of amides is 2. The minimum absolute atomic E-state index is 0.0277. The van der Waals surface area contributed by atoms with E-state index in [1.807, 2.05) is 34.0 Å². The Kier molecular flexibility index (Phi) is 11.2. The Bertz CT molecular complexity index is 399. The first-order chi connectivity index (χ1) is 11.2. The van der Waals surface area contributed by atoms with E-state index in [0.29, 0.717) is 19.4 Å². The van der Waals surface area contributed by atoms with Gasteiger partial charge in [0.15, 0.2) is 0 Å². The van der Waals surface area contributed by atoms with Crippen LogP contribution < -0.4 is 22.1 Å². The first-order valence-electron chi connectivity index (χ1n) is 8.66. The summed E-state index contributed by atoms with van der Waals surface area (Å²) >= 11 is 0. The summed E-state index contributed by atoms with van der Waals surface area (Å²) in [6.07, 6.45) is 4.30. The number of carbonyl (C=O) groups is 2. The van der Waals surface area contributed by atoms with Crippen LogP contribution in [0.2, 0.25) is 0 Å².